The Labute approximate surface area is 135 Å². The van der Waals surface area contributed by atoms with Crippen LogP contribution < -0.4 is 0 Å². The Balaban J connectivity index is 2.05. The molecular formula is C14H17F3N4OS. The maximum atomic E-state index is 13.2. The molecule has 0 aliphatic heterocycles. The van der Waals surface area contributed by atoms with E-state index in [0.29, 0.717) is 35.7 Å². The second kappa shape index (κ2) is 6.64. The summed E-state index contributed by atoms with van der Waals surface area (Å²) < 4.78 is 40.8. The number of nitrogens with zero attached hydrogens (tertiary/aromatic N) is 4. The van der Waals surface area contributed by atoms with Gasteiger partial charge < -0.3 is 5.11 Å². The van der Waals surface area contributed by atoms with E-state index < -0.39 is 12.0 Å². The predicted molar refractivity (Wildman–Crippen MR) is 79.5 cm³/mol. The number of alkyl halides is 3. The Morgan fingerprint density at radius 1 is 1.13 bits per heavy atom. The third-order valence-corrected chi connectivity index (χ3v) is 4.86. The molecule has 0 saturated carbocycles. The van der Waals surface area contributed by atoms with Gasteiger partial charge in [-0.3, -0.25) is 4.40 Å². The van der Waals surface area contributed by atoms with E-state index in [0.717, 1.165) is 29.4 Å². The number of unbranched alkanes of at least 4 members (excludes halogenated alkanes) is 1. The molecule has 23 heavy (non-hydrogen) atoms. The molecule has 9 heteroatoms. The summed E-state index contributed by atoms with van der Waals surface area (Å²) in [7, 11) is 0. The SMILES string of the molecule is OCCCCSc1nc2c(n3c(C(F)(F)F)nnc13)CCCC2. The van der Waals surface area contributed by atoms with Gasteiger partial charge in [0.05, 0.1) is 5.69 Å². The second-order valence-corrected chi connectivity index (χ2v) is 6.56. The van der Waals surface area contributed by atoms with Crippen molar-refractivity contribution in [1.82, 2.24) is 19.6 Å². The number of aliphatic hydroxyl groups is 1. The van der Waals surface area contributed by atoms with Gasteiger partial charge in [0.25, 0.3) is 0 Å². The fourth-order valence-corrected chi connectivity index (χ4v) is 3.73. The van der Waals surface area contributed by atoms with Gasteiger partial charge in [0.15, 0.2) is 5.65 Å². The first-order valence-corrected chi connectivity index (χ1v) is 8.58. The van der Waals surface area contributed by atoms with Crippen LogP contribution in [0.1, 0.15) is 42.9 Å². The summed E-state index contributed by atoms with van der Waals surface area (Å²) in [6.45, 7) is 0.108. The predicted octanol–water partition coefficient (Wildman–Crippen LogP) is 2.89. The molecule has 0 aromatic carbocycles. The number of aliphatic hydroxyl groups excluding tert-OH is 1. The Kier molecular flexibility index (Phi) is 4.77. The van der Waals surface area contributed by atoms with Crippen molar-refractivity contribution in [3.8, 4) is 0 Å². The van der Waals surface area contributed by atoms with Crippen LogP contribution >= 0.6 is 11.8 Å². The average Bonchev–Trinajstić information content (AvgIpc) is 2.97. The van der Waals surface area contributed by atoms with Gasteiger partial charge >= 0.3 is 6.18 Å². The number of fused-ring (bicyclic) bond motifs is 3. The zero-order valence-corrected chi connectivity index (χ0v) is 13.3. The number of aromatic nitrogens is 4. The molecule has 0 amide bonds. The Bertz CT molecular complexity index is 701. The van der Waals surface area contributed by atoms with E-state index >= 15 is 0 Å². The highest BCUT2D eigenvalue weighted by Gasteiger charge is 2.39. The highest BCUT2D eigenvalue weighted by molar-refractivity contribution is 7.99. The van der Waals surface area contributed by atoms with Crippen molar-refractivity contribution in [2.45, 2.75) is 49.7 Å². The van der Waals surface area contributed by atoms with Crippen molar-refractivity contribution in [3.05, 3.63) is 17.2 Å². The summed E-state index contributed by atoms with van der Waals surface area (Å²) in [6.07, 6.45) is -0.0713. The molecule has 1 aliphatic rings. The van der Waals surface area contributed by atoms with Crippen LogP contribution in [0.25, 0.3) is 5.65 Å². The molecule has 0 bridgehead atoms. The monoisotopic (exact) mass is 346 g/mol. The lowest BCUT2D eigenvalue weighted by Crippen LogP contribution is -2.18. The number of hydrogen-bond donors (Lipinski definition) is 1. The van der Waals surface area contributed by atoms with Gasteiger partial charge in [-0.15, -0.1) is 22.0 Å². The smallest absolute Gasteiger partial charge is 0.396 e. The van der Waals surface area contributed by atoms with E-state index in [1.165, 1.54) is 11.8 Å². The fraction of sp³-hybridized carbons (Fsp3) is 0.643. The van der Waals surface area contributed by atoms with Crippen molar-refractivity contribution in [1.29, 1.82) is 0 Å². The minimum absolute atomic E-state index is 0.108. The Morgan fingerprint density at radius 3 is 2.65 bits per heavy atom. The lowest BCUT2D eigenvalue weighted by Gasteiger charge is -2.19. The molecule has 3 rings (SSSR count). The van der Waals surface area contributed by atoms with Crippen molar-refractivity contribution in [2.24, 2.45) is 0 Å². The van der Waals surface area contributed by atoms with Crippen molar-refractivity contribution in [3.63, 3.8) is 0 Å². The Hall–Kier alpha value is -1.35. The maximum absolute atomic E-state index is 13.2. The van der Waals surface area contributed by atoms with Crippen LogP contribution in [0, 0.1) is 0 Å². The van der Waals surface area contributed by atoms with Gasteiger partial charge in [0.1, 0.15) is 5.03 Å². The molecule has 0 spiro atoms. The third kappa shape index (κ3) is 3.30. The van der Waals surface area contributed by atoms with Gasteiger partial charge in [-0.2, -0.15) is 13.2 Å². The van der Waals surface area contributed by atoms with Gasteiger partial charge in [-0.25, -0.2) is 4.98 Å². The maximum Gasteiger partial charge on any atom is 0.452 e. The van der Waals surface area contributed by atoms with Gasteiger partial charge in [0.2, 0.25) is 5.82 Å². The first-order valence-electron chi connectivity index (χ1n) is 7.60. The molecule has 2 heterocycles. The van der Waals surface area contributed by atoms with Gasteiger partial charge in [-0.05, 0) is 44.3 Å². The zero-order valence-electron chi connectivity index (χ0n) is 12.4. The van der Waals surface area contributed by atoms with E-state index in [1.807, 2.05) is 0 Å². The first kappa shape index (κ1) is 16.5. The van der Waals surface area contributed by atoms with Crippen LogP contribution in [0.15, 0.2) is 5.03 Å². The molecule has 5 nitrogen and oxygen atoms in total. The number of aryl methyl sites for hydroxylation is 2. The molecule has 0 atom stereocenters. The van der Waals surface area contributed by atoms with Crippen LogP contribution in [0.3, 0.4) is 0 Å². The highest BCUT2D eigenvalue weighted by Crippen LogP contribution is 2.34. The number of rotatable bonds is 5. The van der Waals surface area contributed by atoms with Crippen LogP contribution in [-0.2, 0) is 19.0 Å². The molecule has 0 saturated heterocycles. The zero-order chi connectivity index (χ0) is 16.4. The van der Waals surface area contributed by atoms with Gasteiger partial charge in [0, 0.05) is 12.3 Å². The number of halogens is 3. The minimum Gasteiger partial charge on any atom is -0.396 e. The number of hydrogen-bond acceptors (Lipinski definition) is 5. The molecular weight excluding hydrogens is 329 g/mol. The van der Waals surface area contributed by atoms with E-state index in [9.17, 15) is 13.2 Å². The third-order valence-electron chi connectivity index (χ3n) is 3.82. The van der Waals surface area contributed by atoms with E-state index in [4.69, 9.17) is 5.11 Å². The van der Waals surface area contributed by atoms with Crippen LogP contribution in [-0.4, -0.2) is 37.0 Å². The summed E-state index contributed by atoms with van der Waals surface area (Å²) in [6, 6.07) is 0. The van der Waals surface area contributed by atoms with Crippen molar-refractivity contribution < 1.29 is 18.3 Å². The molecule has 0 fully saturated rings. The van der Waals surface area contributed by atoms with E-state index in [1.54, 1.807) is 0 Å². The molecule has 1 N–H and O–H groups in total. The summed E-state index contributed by atoms with van der Waals surface area (Å²) in [5, 5.41) is 16.4. The standard InChI is InChI=1S/C14H17F3N4OS/c15-14(16,17)13-20-19-11-12(23-8-4-3-7-22)18-9-5-1-2-6-10(9)21(11)13/h22H,1-8H2. The van der Waals surface area contributed by atoms with Crippen LogP contribution in [0.5, 0.6) is 0 Å². The number of thioether (sulfide) groups is 1. The summed E-state index contributed by atoms with van der Waals surface area (Å²) >= 11 is 1.37. The molecule has 126 valence electrons. The Morgan fingerprint density at radius 2 is 1.91 bits per heavy atom. The molecule has 1 aliphatic carbocycles. The van der Waals surface area contributed by atoms with Crippen LogP contribution in [0.4, 0.5) is 13.2 Å². The lowest BCUT2D eigenvalue weighted by molar-refractivity contribution is -0.145. The van der Waals surface area contributed by atoms with E-state index in [2.05, 4.69) is 15.2 Å². The largest absolute Gasteiger partial charge is 0.452 e. The minimum atomic E-state index is -4.54. The summed E-state index contributed by atoms with van der Waals surface area (Å²) in [5.74, 6) is -0.291. The molecule has 0 radical (unpaired) electrons. The highest BCUT2D eigenvalue weighted by atomic mass is 32.2. The summed E-state index contributed by atoms with van der Waals surface area (Å²) in [5.41, 5.74) is 1.49. The topological polar surface area (TPSA) is 63.3 Å². The van der Waals surface area contributed by atoms with Crippen LogP contribution in [0.2, 0.25) is 0 Å². The van der Waals surface area contributed by atoms with E-state index in [-0.39, 0.29) is 12.3 Å². The van der Waals surface area contributed by atoms with Crippen molar-refractivity contribution >= 4 is 17.4 Å². The lowest BCUT2D eigenvalue weighted by atomic mass is 10.0. The molecule has 2 aromatic heterocycles. The first-order chi connectivity index (χ1) is 11.0. The van der Waals surface area contributed by atoms with Gasteiger partial charge in [-0.1, -0.05) is 0 Å². The normalized spacial score (nSPS) is 15.1. The molecule has 2 aromatic rings. The fourth-order valence-electron chi connectivity index (χ4n) is 2.75. The quantitative estimate of drug-likeness (QED) is 0.666. The average molecular weight is 346 g/mol. The molecule has 0 unspecified atom stereocenters. The second-order valence-electron chi connectivity index (χ2n) is 5.48. The van der Waals surface area contributed by atoms with Crippen molar-refractivity contribution in [2.75, 3.05) is 12.4 Å². The summed E-state index contributed by atoms with van der Waals surface area (Å²) in [4.78, 5) is 4.54.